The molecule has 0 bridgehead atoms. The summed E-state index contributed by atoms with van der Waals surface area (Å²) in [6, 6.07) is 15.2. The number of rotatable bonds is 4. The molecule has 2 aromatic carbocycles. The normalized spacial score (nSPS) is 11.2. The lowest BCUT2D eigenvalue weighted by Crippen LogP contribution is -1.95. The summed E-state index contributed by atoms with van der Waals surface area (Å²) in [4.78, 5) is 12.1. The van der Waals surface area contributed by atoms with Crippen LogP contribution in [0.1, 0.15) is 41.3 Å². The third-order valence-corrected chi connectivity index (χ3v) is 3.53. The Morgan fingerprint density at radius 1 is 1.05 bits per heavy atom. The third-order valence-electron chi connectivity index (χ3n) is 3.18. The van der Waals surface area contributed by atoms with Gasteiger partial charge in [0.2, 0.25) is 0 Å². The zero-order chi connectivity index (χ0) is 14.5. The maximum Gasteiger partial charge on any atom is 0.185 e. The Morgan fingerprint density at radius 2 is 1.70 bits per heavy atom. The molecule has 0 unspecified atom stereocenters. The van der Waals surface area contributed by atoms with E-state index in [2.05, 4.69) is 13.8 Å². The molecule has 0 amide bonds. The van der Waals surface area contributed by atoms with Crippen LogP contribution in [0.3, 0.4) is 0 Å². The van der Waals surface area contributed by atoms with Crippen molar-refractivity contribution in [1.29, 1.82) is 0 Å². The molecule has 0 aliphatic heterocycles. The molecule has 0 heterocycles. The van der Waals surface area contributed by atoms with Crippen molar-refractivity contribution in [3.8, 4) is 0 Å². The Labute approximate surface area is 124 Å². The lowest BCUT2D eigenvalue weighted by atomic mass is 10.0. The van der Waals surface area contributed by atoms with Gasteiger partial charge in [0.25, 0.3) is 0 Å². The fraction of sp³-hybridized carbons (Fsp3) is 0.167. The maximum absolute atomic E-state index is 12.1. The van der Waals surface area contributed by atoms with E-state index >= 15 is 0 Å². The molecule has 2 heteroatoms. The fourth-order valence-corrected chi connectivity index (χ4v) is 2.10. The number of hydrogen-bond donors (Lipinski definition) is 0. The van der Waals surface area contributed by atoms with E-state index in [-0.39, 0.29) is 5.78 Å². The highest BCUT2D eigenvalue weighted by Crippen LogP contribution is 2.18. The van der Waals surface area contributed by atoms with Crippen molar-refractivity contribution in [1.82, 2.24) is 0 Å². The molecule has 0 aromatic heterocycles. The van der Waals surface area contributed by atoms with Gasteiger partial charge in [-0.15, -0.1) is 0 Å². The van der Waals surface area contributed by atoms with Crippen molar-refractivity contribution in [3.63, 3.8) is 0 Å². The molecule has 0 saturated carbocycles. The molecular formula is C18H17ClO. The zero-order valence-corrected chi connectivity index (χ0v) is 12.4. The number of carbonyl (C=O) groups is 1. The number of hydrogen-bond acceptors (Lipinski definition) is 1. The molecule has 0 saturated heterocycles. The SMILES string of the molecule is CC(C)c1ccc(C(=O)/C=C/c2ccccc2Cl)cc1. The predicted molar refractivity (Wildman–Crippen MR) is 85.3 cm³/mol. The smallest absolute Gasteiger partial charge is 0.185 e. The summed E-state index contributed by atoms with van der Waals surface area (Å²) in [6.07, 6.45) is 3.31. The van der Waals surface area contributed by atoms with Gasteiger partial charge < -0.3 is 0 Å². The van der Waals surface area contributed by atoms with Gasteiger partial charge in [0.05, 0.1) is 0 Å². The highest BCUT2D eigenvalue weighted by atomic mass is 35.5. The minimum atomic E-state index is -0.0137. The third kappa shape index (κ3) is 3.58. The van der Waals surface area contributed by atoms with E-state index in [4.69, 9.17) is 11.6 Å². The van der Waals surface area contributed by atoms with Crippen LogP contribution in [0.2, 0.25) is 5.02 Å². The Morgan fingerprint density at radius 3 is 2.30 bits per heavy atom. The van der Waals surface area contributed by atoms with Gasteiger partial charge in [0, 0.05) is 10.6 Å². The Kier molecular flexibility index (Phi) is 4.75. The molecule has 2 aromatic rings. The van der Waals surface area contributed by atoms with E-state index < -0.39 is 0 Å². The molecule has 0 fully saturated rings. The quantitative estimate of drug-likeness (QED) is 0.546. The van der Waals surface area contributed by atoms with Gasteiger partial charge in [-0.25, -0.2) is 0 Å². The van der Waals surface area contributed by atoms with Crippen molar-refractivity contribution in [2.24, 2.45) is 0 Å². The van der Waals surface area contributed by atoms with E-state index in [1.807, 2.05) is 48.5 Å². The number of carbonyl (C=O) groups excluding carboxylic acids is 1. The van der Waals surface area contributed by atoms with Crippen LogP contribution in [0, 0.1) is 0 Å². The zero-order valence-electron chi connectivity index (χ0n) is 11.6. The van der Waals surface area contributed by atoms with Crippen molar-refractivity contribution < 1.29 is 4.79 Å². The van der Waals surface area contributed by atoms with Crippen LogP contribution in [0.25, 0.3) is 6.08 Å². The molecule has 102 valence electrons. The Hall–Kier alpha value is -1.86. The second kappa shape index (κ2) is 6.53. The van der Waals surface area contributed by atoms with Crippen LogP contribution >= 0.6 is 11.6 Å². The van der Waals surface area contributed by atoms with Gasteiger partial charge in [-0.05, 0) is 35.3 Å². The highest BCUT2D eigenvalue weighted by molar-refractivity contribution is 6.32. The summed E-state index contributed by atoms with van der Waals surface area (Å²) in [5.41, 5.74) is 2.77. The molecule has 0 atom stereocenters. The van der Waals surface area contributed by atoms with Gasteiger partial charge in [-0.2, -0.15) is 0 Å². The lowest BCUT2D eigenvalue weighted by molar-refractivity contribution is 0.104. The average molecular weight is 285 g/mol. The first-order valence-electron chi connectivity index (χ1n) is 6.65. The first-order valence-corrected chi connectivity index (χ1v) is 7.02. The highest BCUT2D eigenvalue weighted by Gasteiger charge is 2.04. The number of ketones is 1. The molecule has 0 N–H and O–H groups in total. The summed E-state index contributed by atoms with van der Waals surface area (Å²) in [7, 11) is 0. The summed E-state index contributed by atoms with van der Waals surface area (Å²) in [6.45, 7) is 4.27. The maximum atomic E-state index is 12.1. The van der Waals surface area contributed by atoms with E-state index in [1.54, 1.807) is 12.2 Å². The molecule has 1 nitrogen and oxygen atoms in total. The molecular weight excluding hydrogens is 268 g/mol. The number of halogens is 1. The Balaban J connectivity index is 2.14. The second-order valence-corrected chi connectivity index (χ2v) is 5.40. The first-order chi connectivity index (χ1) is 9.58. The molecule has 2 rings (SSSR count). The van der Waals surface area contributed by atoms with Crippen LogP contribution in [-0.4, -0.2) is 5.78 Å². The summed E-state index contributed by atoms with van der Waals surface area (Å²) in [5, 5.41) is 0.645. The summed E-state index contributed by atoms with van der Waals surface area (Å²) < 4.78 is 0. The van der Waals surface area contributed by atoms with Crippen LogP contribution in [0.5, 0.6) is 0 Å². The summed E-state index contributed by atoms with van der Waals surface area (Å²) in [5.74, 6) is 0.457. The predicted octanol–water partition coefficient (Wildman–Crippen LogP) is 5.36. The van der Waals surface area contributed by atoms with Crippen LogP contribution in [-0.2, 0) is 0 Å². The molecule has 0 spiro atoms. The average Bonchev–Trinajstić information content (AvgIpc) is 2.46. The monoisotopic (exact) mass is 284 g/mol. The molecule has 0 radical (unpaired) electrons. The van der Waals surface area contributed by atoms with Gasteiger partial charge in [-0.3, -0.25) is 4.79 Å². The first kappa shape index (κ1) is 14.5. The van der Waals surface area contributed by atoms with E-state index in [9.17, 15) is 4.79 Å². The van der Waals surface area contributed by atoms with E-state index in [0.29, 0.717) is 16.5 Å². The molecule has 0 aliphatic rings. The summed E-state index contributed by atoms with van der Waals surface area (Å²) >= 11 is 6.05. The lowest BCUT2D eigenvalue weighted by Gasteiger charge is -2.05. The van der Waals surface area contributed by atoms with Crippen molar-refractivity contribution >= 4 is 23.5 Å². The minimum absolute atomic E-state index is 0.0137. The second-order valence-electron chi connectivity index (χ2n) is 5.00. The van der Waals surface area contributed by atoms with E-state index in [0.717, 1.165) is 5.56 Å². The van der Waals surface area contributed by atoms with Crippen molar-refractivity contribution in [2.75, 3.05) is 0 Å². The van der Waals surface area contributed by atoms with Gasteiger partial charge in [0.15, 0.2) is 5.78 Å². The molecule has 0 aliphatic carbocycles. The van der Waals surface area contributed by atoms with Gasteiger partial charge in [0.1, 0.15) is 0 Å². The number of benzene rings is 2. The largest absolute Gasteiger partial charge is 0.289 e. The van der Waals surface area contributed by atoms with Crippen molar-refractivity contribution in [2.45, 2.75) is 19.8 Å². The van der Waals surface area contributed by atoms with Gasteiger partial charge >= 0.3 is 0 Å². The van der Waals surface area contributed by atoms with Crippen LogP contribution in [0.4, 0.5) is 0 Å². The van der Waals surface area contributed by atoms with Crippen molar-refractivity contribution in [3.05, 3.63) is 76.3 Å². The minimum Gasteiger partial charge on any atom is -0.289 e. The van der Waals surface area contributed by atoms with Gasteiger partial charge in [-0.1, -0.05) is 67.9 Å². The fourth-order valence-electron chi connectivity index (χ4n) is 1.90. The topological polar surface area (TPSA) is 17.1 Å². The number of allylic oxidation sites excluding steroid dienone is 1. The molecule has 20 heavy (non-hydrogen) atoms. The Bertz CT molecular complexity index is 624. The van der Waals surface area contributed by atoms with E-state index in [1.165, 1.54) is 5.56 Å². The van der Waals surface area contributed by atoms with Crippen LogP contribution < -0.4 is 0 Å². The van der Waals surface area contributed by atoms with Crippen LogP contribution in [0.15, 0.2) is 54.6 Å². The standard InChI is InChI=1S/C18H17ClO/c1-13(2)14-7-9-16(10-8-14)18(20)12-11-15-5-3-4-6-17(15)19/h3-13H,1-2H3/b12-11+.